The molecule has 4 rings (SSSR count). The van der Waals surface area contributed by atoms with Gasteiger partial charge in [-0.3, -0.25) is 4.79 Å². The van der Waals surface area contributed by atoms with Crippen LogP contribution in [-0.2, 0) is 4.79 Å². The van der Waals surface area contributed by atoms with Crippen molar-refractivity contribution in [2.45, 2.75) is 106 Å². The molecule has 0 saturated heterocycles. The summed E-state index contributed by atoms with van der Waals surface area (Å²) in [6.45, 7) is 15.0. The number of rotatable bonds is 5. The van der Waals surface area contributed by atoms with Gasteiger partial charge < -0.3 is 0 Å². The largest absolute Gasteiger partial charge is 0.300 e. The van der Waals surface area contributed by atoms with Crippen molar-refractivity contribution in [1.29, 1.82) is 0 Å². The van der Waals surface area contributed by atoms with Crippen molar-refractivity contribution in [2.24, 2.45) is 52.3 Å². The van der Waals surface area contributed by atoms with Crippen LogP contribution in [0.1, 0.15) is 106 Å². The maximum Gasteiger partial charge on any atom is 0.133 e. The van der Waals surface area contributed by atoms with Crippen molar-refractivity contribution in [2.75, 3.05) is 0 Å². The van der Waals surface area contributed by atoms with Crippen molar-refractivity contribution < 1.29 is 4.79 Å². The molecule has 5 unspecified atom stereocenters. The minimum absolute atomic E-state index is 0.399. The smallest absolute Gasteiger partial charge is 0.133 e. The molecule has 1 heteroatoms. The minimum atomic E-state index is 0.399. The highest BCUT2D eigenvalue weighted by atomic mass is 16.1. The Labute approximate surface area is 180 Å². The Kier molecular flexibility index (Phi) is 5.84. The molecule has 0 radical (unpaired) electrons. The molecule has 1 nitrogen and oxygen atoms in total. The van der Waals surface area contributed by atoms with E-state index in [-0.39, 0.29) is 0 Å². The fourth-order valence-electron chi connectivity index (χ4n) is 8.34. The molecular weight excluding hydrogens is 352 g/mol. The van der Waals surface area contributed by atoms with E-state index in [0.29, 0.717) is 22.5 Å². The van der Waals surface area contributed by atoms with Crippen LogP contribution in [0.3, 0.4) is 0 Å². The van der Waals surface area contributed by atoms with Gasteiger partial charge in [0.05, 0.1) is 0 Å². The number of carbonyl (C=O) groups is 1. The molecule has 8 atom stereocenters. The predicted molar refractivity (Wildman–Crippen MR) is 123 cm³/mol. The maximum atomic E-state index is 12.1. The Hall–Kier alpha value is -0.590. The number of ketones is 1. The molecule has 0 aromatic carbocycles. The van der Waals surface area contributed by atoms with Crippen LogP contribution in [0.4, 0.5) is 0 Å². The molecular formula is C28H46O. The van der Waals surface area contributed by atoms with Crippen molar-refractivity contribution in [1.82, 2.24) is 0 Å². The van der Waals surface area contributed by atoms with Gasteiger partial charge in [-0.2, -0.15) is 0 Å². The highest BCUT2D eigenvalue weighted by Gasteiger charge is 2.58. The molecule has 0 aromatic rings. The molecule has 0 aromatic heterocycles. The van der Waals surface area contributed by atoms with Gasteiger partial charge in [0, 0.05) is 12.8 Å². The number of hydrogen-bond acceptors (Lipinski definition) is 1. The molecule has 0 N–H and O–H groups in total. The third-order valence-corrected chi connectivity index (χ3v) is 10.9. The van der Waals surface area contributed by atoms with Crippen molar-refractivity contribution in [3.05, 3.63) is 11.6 Å². The van der Waals surface area contributed by atoms with Crippen molar-refractivity contribution in [3.8, 4) is 0 Å². The molecule has 164 valence electrons. The molecule has 29 heavy (non-hydrogen) atoms. The molecule has 4 aliphatic carbocycles. The van der Waals surface area contributed by atoms with Gasteiger partial charge in [0.15, 0.2) is 0 Å². The molecule has 3 fully saturated rings. The third-order valence-electron chi connectivity index (χ3n) is 10.9. The van der Waals surface area contributed by atoms with Crippen LogP contribution in [0.2, 0.25) is 0 Å². The second kappa shape index (κ2) is 7.83. The van der Waals surface area contributed by atoms with E-state index in [2.05, 4.69) is 47.6 Å². The predicted octanol–water partition coefficient (Wildman–Crippen LogP) is 7.84. The second-order valence-electron chi connectivity index (χ2n) is 12.5. The van der Waals surface area contributed by atoms with E-state index in [4.69, 9.17) is 0 Å². The summed E-state index contributed by atoms with van der Waals surface area (Å²) in [6, 6.07) is 0. The van der Waals surface area contributed by atoms with E-state index in [0.717, 1.165) is 54.8 Å². The van der Waals surface area contributed by atoms with Gasteiger partial charge in [-0.1, -0.05) is 66.0 Å². The Morgan fingerprint density at radius 2 is 1.69 bits per heavy atom. The summed E-state index contributed by atoms with van der Waals surface area (Å²) in [5.41, 5.74) is 2.77. The highest BCUT2D eigenvalue weighted by Crippen LogP contribution is 2.66. The summed E-state index contributed by atoms with van der Waals surface area (Å²) in [6.07, 6.45) is 15.1. The second-order valence-corrected chi connectivity index (χ2v) is 12.5. The number of Topliss-reactive ketones (excluding diaryl/α,β-unsaturated/α-hetero) is 1. The lowest BCUT2D eigenvalue weighted by molar-refractivity contribution is -0.127. The number of fused-ring (bicyclic) bond motifs is 5. The zero-order valence-electron chi connectivity index (χ0n) is 20.1. The summed E-state index contributed by atoms with van der Waals surface area (Å²) in [5.74, 6) is 6.17. The first-order valence-corrected chi connectivity index (χ1v) is 12.9. The van der Waals surface area contributed by atoms with Crippen molar-refractivity contribution in [3.63, 3.8) is 0 Å². The quantitative estimate of drug-likeness (QED) is 0.431. The molecule has 0 aliphatic heterocycles. The van der Waals surface area contributed by atoms with E-state index in [9.17, 15) is 4.79 Å². The number of hydrogen-bond donors (Lipinski definition) is 0. The van der Waals surface area contributed by atoms with Gasteiger partial charge in [-0.05, 0) is 90.8 Å². The lowest BCUT2D eigenvalue weighted by Gasteiger charge is -2.57. The van der Waals surface area contributed by atoms with E-state index in [1.807, 2.05) is 5.57 Å². The zero-order chi connectivity index (χ0) is 21.0. The van der Waals surface area contributed by atoms with Gasteiger partial charge in [0.25, 0.3) is 0 Å². The summed E-state index contributed by atoms with van der Waals surface area (Å²) in [7, 11) is 0. The average molecular weight is 399 g/mol. The Bertz CT molecular complexity index is 659. The van der Waals surface area contributed by atoms with E-state index >= 15 is 0 Å². The lowest BCUT2D eigenvalue weighted by Crippen LogP contribution is -2.49. The molecule has 0 amide bonds. The first-order chi connectivity index (χ1) is 13.7. The van der Waals surface area contributed by atoms with Crippen LogP contribution in [-0.4, -0.2) is 5.78 Å². The highest BCUT2D eigenvalue weighted by molar-refractivity contribution is 5.79. The Morgan fingerprint density at radius 3 is 2.41 bits per heavy atom. The standard InChI is InChI=1S/C28H46O/c1-18(2)19(3)7-8-20(4)24-11-12-25-23-10-9-21-17-22(29)13-15-27(21,5)26(23)14-16-28(24,25)6/h10,18-21,24-26H,7-9,11-17H2,1-6H3/t19-,20+,21-,24?,25?,26?,27?,28?/m0/s1. The SMILES string of the molecule is CC(C)[C@@H](C)CC[C@@H](C)C1CCC2C3=CC[C@H]4CC(=O)CCC4(C)C3CCC21C. The maximum absolute atomic E-state index is 12.1. The van der Waals surface area contributed by atoms with Gasteiger partial charge in [-0.15, -0.1) is 0 Å². The number of carbonyl (C=O) groups excluding carboxylic acids is 1. The fraction of sp³-hybridized carbons (Fsp3) is 0.893. The van der Waals surface area contributed by atoms with Crippen LogP contribution in [0.5, 0.6) is 0 Å². The molecule has 0 bridgehead atoms. The molecule has 3 saturated carbocycles. The van der Waals surface area contributed by atoms with E-state index < -0.39 is 0 Å². The number of allylic oxidation sites excluding steroid dienone is 2. The summed E-state index contributed by atoms with van der Waals surface area (Å²) in [5, 5.41) is 0. The first-order valence-electron chi connectivity index (χ1n) is 12.9. The van der Waals surface area contributed by atoms with Crippen LogP contribution < -0.4 is 0 Å². The van der Waals surface area contributed by atoms with Crippen LogP contribution in [0, 0.1) is 52.3 Å². The third kappa shape index (κ3) is 3.57. The lowest BCUT2D eigenvalue weighted by atomic mass is 9.47. The Morgan fingerprint density at radius 1 is 0.966 bits per heavy atom. The average Bonchev–Trinajstić information content (AvgIpc) is 3.03. The molecule has 0 heterocycles. The summed E-state index contributed by atoms with van der Waals surface area (Å²) < 4.78 is 0. The van der Waals surface area contributed by atoms with Gasteiger partial charge in [0.2, 0.25) is 0 Å². The fourth-order valence-corrected chi connectivity index (χ4v) is 8.34. The zero-order valence-corrected chi connectivity index (χ0v) is 20.1. The topological polar surface area (TPSA) is 17.1 Å². The van der Waals surface area contributed by atoms with Crippen molar-refractivity contribution >= 4 is 5.78 Å². The van der Waals surface area contributed by atoms with E-state index in [1.165, 1.54) is 44.9 Å². The summed E-state index contributed by atoms with van der Waals surface area (Å²) in [4.78, 5) is 12.1. The monoisotopic (exact) mass is 398 g/mol. The van der Waals surface area contributed by atoms with Crippen LogP contribution in [0.15, 0.2) is 11.6 Å². The minimum Gasteiger partial charge on any atom is -0.300 e. The van der Waals surface area contributed by atoms with E-state index in [1.54, 1.807) is 0 Å². The van der Waals surface area contributed by atoms with Gasteiger partial charge in [-0.25, -0.2) is 0 Å². The normalized spacial score (nSPS) is 44.0. The van der Waals surface area contributed by atoms with Crippen LogP contribution in [0.25, 0.3) is 0 Å². The molecule has 4 aliphatic rings. The first kappa shape index (κ1) is 21.6. The Balaban J connectivity index is 1.50. The van der Waals surface area contributed by atoms with Gasteiger partial charge in [0.1, 0.15) is 5.78 Å². The summed E-state index contributed by atoms with van der Waals surface area (Å²) >= 11 is 0. The van der Waals surface area contributed by atoms with Crippen LogP contribution >= 0.6 is 0 Å². The van der Waals surface area contributed by atoms with Gasteiger partial charge >= 0.3 is 0 Å². The molecule has 0 spiro atoms.